The third-order valence-electron chi connectivity index (χ3n) is 5.52. The topological polar surface area (TPSA) is 68.2 Å². The Morgan fingerprint density at radius 2 is 1.65 bits per heavy atom. The van der Waals surface area contributed by atoms with Gasteiger partial charge in [0.2, 0.25) is 0 Å². The highest BCUT2D eigenvalue weighted by atomic mass is 19.4. The molecule has 164 valence electrons. The van der Waals surface area contributed by atoms with Gasteiger partial charge in [-0.1, -0.05) is 0 Å². The van der Waals surface area contributed by atoms with Crippen LogP contribution in [-0.4, -0.2) is 32.1 Å². The van der Waals surface area contributed by atoms with Crippen molar-refractivity contribution in [3.05, 3.63) is 59.2 Å². The monoisotopic (exact) mass is 430 g/mol. The molecule has 0 atom stereocenters. The maximum atomic E-state index is 13.1. The Morgan fingerprint density at radius 3 is 2.19 bits per heavy atom. The van der Waals surface area contributed by atoms with Crippen LogP contribution in [0.2, 0.25) is 0 Å². The summed E-state index contributed by atoms with van der Waals surface area (Å²) in [7, 11) is 3.87. The van der Waals surface area contributed by atoms with Crippen molar-refractivity contribution in [3.63, 3.8) is 0 Å². The number of nitrogens with zero attached hydrogens (tertiary/aromatic N) is 2. The average Bonchev–Trinajstić information content (AvgIpc) is 2.74. The van der Waals surface area contributed by atoms with Gasteiger partial charge in [0.1, 0.15) is 0 Å². The quantitative estimate of drug-likeness (QED) is 0.715. The van der Waals surface area contributed by atoms with Gasteiger partial charge in [-0.2, -0.15) is 18.4 Å². The van der Waals surface area contributed by atoms with Crippen LogP contribution in [0, 0.1) is 11.3 Å². The van der Waals surface area contributed by atoms with Crippen molar-refractivity contribution in [2.24, 2.45) is 0 Å². The molecule has 1 aliphatic carbocycles. The van der Waals surface area contributed by atoms with E-state index in [0.29, 0.717) is 11.3 Å². The van der Waals surface area contributed by atoms with Crippen molar-refractivity contribution in [1.29, 1.82) is 5.26 Å². The molecule has 2 N–H and O–H groups in total. The zero-order chi connectivity index (χ0) is 22.6. The Bertz CT molecular complexity index is 956. The number of hydrogen-bond acceptors (Lipinski definition) is 4. The number of hydrogen-bond donors (Lipinski definition) is 2. The first-order chi connectivity index (χ1) is 14.7. The molecule has 0 aliphatic heterocycles. The standard InChI is InChI=1S/C23H25F3N4O/c1-30(2)20-11-4-15(5-12-20)22(31)29-18-9-7-17(8-10-18)28-19-6-3-16(14-27)21(13-19)23(24,25)26/h3-6,11-13,17-18,28H,7-10H2,1-2H3,(H,29,31). The van der Waals surface area contributed by atoms with Crippen LogP contribution in [0.25, 0.3) is 0 Å². The van der Waals surface area contributed by atoms with Crippen molar-refractivity contribution in [3.8, 4) is 6.07 Å². The maximum Gasteiger partial charge on any atom is 0.417 e. The van der Waals surface area contributed by atoms with Crippen LogP contribution >= 0.6 is 0 Å². The summed E-state index contributed by atoms with van der Waals surface area (Å²) in [5.41, 5.74) is 0.645. The molecule has 0 unspecified atom stereocenters. The normalized spacial score (nSPS) is 18.7. The first-order valence-corrected chi connectivity index (χ1v) is 10.1. The highest BCUT2D eigenvalue weighted by molar-refractivity contribution is 5.94. The molecule has 0 aromatic heterocycles. The lowest BCUT2D eigenvalue weighted by atomic mass is 9.90. The van der Waals surface area contributed by atoms with Crippen LogP contribution in [0.5, 0.6) is 0 Å². The second kappa shape index (κ2) is 9.29. The summed E-state index contributed by atoms with van der Waals surface area (Å²) >= 11 is 0. The molecule has 2 aromatic carbocycles. The summed E-state index contributed by atoms with van der Waals surface area (Å²) in [5, 5.41) is 15.1. The number of nitriles is 1. The molecule has 8 heteroatoms. The molecule has 0 heterocycles. The molecule has 0 spiro atoms. The number of carbonyl (C=O) groups is 1. The van der Waals surface area contributed by atoms with E-state index in [1.54, 1.807) is 18.2 Å². The van der Waals surface area contributed by atoms with Crippen LogP contribution < -0.4 is 15.5 Å². The molecular weight excluding hydrogens is 405 g/mol. The predicted molar refractivity (Wildman–Crippen MR) is 114 cm³/mol. The van der Waals surface area contributed by atoms with E-state index in [-0.39, 0.29) is 23.6 Å². The minimum absolute atomic E-state index is 0.0153. The summed E-state index contributed by atoms with van der Waals surface area (Å²) in [4.78, 5) is 14.4. The summed E-state index contributed by atoms with van der Waals surface area (Å²) in [5.74, 6) is -0.122. The molecule has 5 nitrogen and oxygen atoms in total. The second-order valence-electron chi connectivity index (χ2n) is 7.98. The van der Waals surface area contributed by atoms with E-state index in [1.165, 1.54) is 12.1 Å². The lowest BCUT2D eigenvalue weighted by Crippen LogP contribution is -2.40. The fourth-order valence-corrected chi connectivity index (χ4v) is 3.76. The van der Waals surface area contributed by atoms with E-state index < -0.39 is 11.7 Å². The van der Waals surface area contributed by atoms with E-state index in [0.717, 1.165) is 37.4 Å². The molecule has 0 bridgehead atoms. The number of anilines is 2. The van der Waals surface area contributed by atoms with Gasteiger partial charge in [0.05, 0.1) is 17.2 Å². The molecule has 1 aliphatic rings. The number of alkyl halides is 3. The van der Waals surface area contributed by atoms with Crippen molar-refractivity contribution >= 4 is 17.3 Å². The molecule has 3 rings (SSSR count). The first kappa shape index (κ1) is 22.5. The highest BCUT2D eigenvalue weighted by Gasteiger charge is 2.34. The van der Waals surface area contributed by atoms with Gasteiger partial charge in [-0.05, 0) is 68.1 Å². The SMILES string of the molecule is CN(C)c1ccc(C(=O)NC2CCC(Nc3ccc(C#N)c(C(F)(F)F)c3)CC2)cc1. The molecule has 31 heavy (non-hydrogen) atoms. The van der Waals surface area contributed by atoms with Crippen LogP contribution in [0.1, 0.15) is 47.2 Å². The summed E-state index contributed by atoms with van der Waals surface area (Å²) < 4.78 is 39.4. The Labute approximate surface area is 179 Å². The van der Waals surface area contributed by atoms with Crippen molar-refractivity contribution in [2.45, 2.75) is 43.9 Å². The van der Waals surface area contributed by atoms with Gasteiger partial charge < -0.3 is 15.5 Å². The van der Waals surface area contributed by atoms with Crippen LogP contribution in [0.4, 0.5) is 24.5 Å². The summed E-state index contributed by atoms with van der Waals surface area (Å²) in [6.07, 6.45) is -1.64. The van der Waals surface area contributed by atoms with Crippen molar-refractivity contribution in [2.75, 3.05) is 24.3 Å². The predicted octanol–water partition coefficient (Wildman–Crippen LogP) is 4.80. The van der Waals surface area contributed by atoms with Crippen LogP contribution in [0.15, 0.2) is 42.5 Å². The minimum atomic E-state index is -4.57. The van der Waals surface area contributed by atoms with E-state index in [9.17, 15) is 18.0 Å². The zero-order valence-corrected chi connectivity index (χ0v) is 17.5. The Hall–Kier alpha value is -3.21. The van der Waals surface area contributed by atoms with Gasteiger partial charge >= 0.3 is 6.18 Å². The number of amides is 1. The van der Waals surface area contributed by atoms with Crippen LogP contribution in [-0.2, 0) is 6.18 Å². The van der Waals surface area contributed by atoms with E-state index >= 15 is 0 Å². The van der Waals surface area contributed by atoms with Gasteiger partial charge in [0.15, 0.2) is 0 Å². The molecule has 0 radical (unpaired) electrons. The van der Waals surface area contributed by atoms with Crippen molar-refractivity contribution < 1.29 is 18.0 Å². The summed E-state index contributed by atoms with van der Waals surface area (Å²) in [6, 6.07) is 12.7. The average molecular weight is 430 g/mol. The lowest BCUT2D eigenvalue weighted by Gasteiger charge is -2.30. The van der Waals surface area contributed by atoms with Gasteiger partial charge in [-0.3, -0.25) is 4.79 Å². The fourth-order valence-electron chi connectivity index (χ4n) is 3.76. The van der Waals surface area contributed by atoms with Crippen LogP contribution in [0.3, 0.4) is 0 Å². The molecule has 0 saturated heterocycles. The van der Waals surface area contributed by atoms with Gasteiger partial charge in [0, 0.05) is 43.1 Å². The second-order valence-corrected chi connectivity index (χ2v) is 7.98. The minimum Gasteiger partial charge on any atom is -0.382 e. The van der Waals surface area contributed by atoms with E-state index in [1.807, 2.05) is 31.1 Å². The summed E-state index contributed by atoms with van der Waals surface area (Å²) in [6.45, 7) is 0. The zero-order valence-electron chi connectivity index (χ0n) is 17.5. The Kier molecular flexibility index (Phi) is 6.74. The first-order valence-electron chi connectivity index (χ1n) is 10.1. The number of carbonyl (C=O) groups excluding carboxylic acids is 1. The lowest BCUT2D eigenvalue weighted by molar-refractivity contribution is -0.137. The molecule has 1 amide bonds. The van der Waals surface area contributed by atoms with Gasteiger partial charge in [-0.15, -0.1) is 0 Å². The molecule has 1 saturated carbocycles. The highest BCUT2D eigenvalue weighted by Crippen LogP contribution is 2.34. The van der Waals surface area contributed by atoms with E-state index in [2.05, 4.69) is 10.6 Å². The fraction of sp³-hybridized carbons (Fsp3) is 0.391. The molecule has 1 fully saturated rings. The molecular formula is C23H25F3N4O. The third kappa shape index (κ3) is 5.69. The largest absolute Gasteiger partial charge is 0.417 e. The Morgan fingerprint density at radius 1 is 1.03 bits per heavy atom. The van der Waals surface area contributed by atoms with Crippen molar-refractivity contribution in [1.82, 2.24) is 5.32 Å². The van der Waals surface area contributed by atoms with E-state index in [4.69, 9.17) is 5.26 Å². The van der Waals surface area contributed by atoms with Gasteiger partial charge in [0.25, 0.3) is 5.91 Å². The third-order valence-corrected chi connectivity index (χ3v) is 5.52. The number of nitrogens with one attached hydrogen (secondary N) is 2. The van der Waals surface area contributed by atoms with Gasteiger partial charge in [-0.25, -0.2) is 0 Å². The number of benzene rings is 2. The number of halogens is 3. The number of rotatable bonds is 5. The smallest absolute Gasteiger partial charge is 0.382 e. The molecule has 2 aromatic rings. The Balaban J connectivity index is 1.54. The maximum absolute atomic E-state index is 13.1.